The van der Waals surface area contributed by atoms with E-state index in [1.54, 1.807) is 0 Å². The number of rotatable bonds is 5. The lowest BCUT2D eigenvalue weighted by Crippen LogP contribution is -1.98. The Hall–Kier alpha value is 0.250. The first kappa shape index (κ1) is 10.3. The van der Waals surface area contributed by atoms with Gasteiger partial charge in [0.05, 0.1) is 6.61 Å². The first-order chi connectivity index (χ1) is 5.83. The molecule has 0 fully saturated rings. The summed E-state index contributed by atoms with van der Waals surface area (Å²) in [6, 6.07) is 0. The average molecular weight is 298 g/mol. The number of hydrogen-bond acceptors (Lipinski definition) is 4. The highest BCUT2D eigenvalue weighted by molar-refractivity contribution is 14.1. The molecule has 1 aromatic rings. The van der Waals surface area contributed by atoms with Gasteiger partial charge in [-0.2, -0.15) is 4.37 Å². The predicted molar refractivity (Wildman–Crippen MR) is 57.4 cm³/mol. The third kappa shape index (κ3) is 3.77. The third-order valence-electron chi connectivity index (χ3n) is 1.25. The van der Waals surface area contributed by atoms with E-state index in [1.165, 1.54) is 11.5 Å². The Morgan fingerprint density at radius 1 is 1.50 bits per heavy atom. The van der Waals surface area contributed by atoms with Gasteiger partial charge in [0, 0.05) is 35.6 Å². The zero-order valence-electron chi connectivity index (χ0n) is 6.92. The molecule has 1 aromatic heterocycles. The molecule has 5 heteroatoms. The lowest BCUT2D eigenvalue weighted by molar-refractivity contribution is 0.138. The number of aromatic nitrogens is 2. The molecular formula is C7H11IN2OS. The Morgan fingerprint density at radius 3 is 2.92 bits per heavy atom. The topological polar surface area (TPSA) is 35.0 Å². The van der Waals surface area contributed by atoms with Crippen LogP contribution in [0.15, 0.2) is 0 Å². The van der Waals surface area contributed by atoms with Gasteiger partial charge >= 0.3 is 0 Å². The lowest BCUT2D eigenvalue weighted by atomic mass is 10.5. The van der Waals surface area contributed by atoms with Crippen molar-refractivity contribution in [2.45, 2.75) is 19.8 Å². The summed E-state index contributed by atoms with van der Waals surface area (Å²) in [5.74, 6) is 0. The molecule has 0 aliphatic carbocycles. The van der Waals surface area contributed by atoms with Crippen molar-refractivity contribution in [3.8, 4) is 0 Å². The van der Waals surface area contributed by atoms with Crippen molar-refractivity contribution in [1.82, 2.24) is 9.36 Å². The summed E-state index contributed by atoms with van der Waals surface area (Å²) in [7, 11) is 0. The van der Waals surface area contributed by atoms with Crippen molar-refractivity contribution in [2.75, 3.05) is 13.2 Å². The van der Waals surface area contributed by atoms with E-state index in [9.17, 15) is 0 Å². The van der Waals surface area contributed by atoms with E-state index in [-0.39, 0.29) is 0 Å². The Kier molecular flexibility index (Phi) is 5.01. The highest BCUT2D eigenvalue weighted by Gasteiger charge is 1.99. The van der Waals surface area contributed by atoms with Gasteiger partial charge in [0.1, 0.15) is 5.01 Å². The summed E-state index contributed by atoms with van der Waals surface area (Å²) in [5.41, 5.74) is 0. The Bertz CT molecular complexity index is 229. The second-order valence-corrected chi connectivity index (χ2v) is 4.12. The summed E-state index contributed by atoms with van der Waals surface area (Å²) in [6.45, 7) is 3.71. The minimum Gasteiger partial charge on any atom is -0.381 e. The Balaban J connectivity index is 2.15. The third-order valence-corrected chi connectivity index (χ3v) is 2.83. The van der Waals surface area contributed by atoms with Crippen LogP contribution >= 0.6 is 34.1 Å². The van der Waals surface area contributed by atoms with Crippen LogP contribution in [0.25, 0.3) is 0 Å². The maximum Gasteiger partial charge on any atom is 0.203 e. The molecule has 0 aliphatic heterocycles. The highest BCUT2D eigenvalue weighted by Crippen LogP contribution is 2.07. The molecular weight excluding hydrogens is 287 g/mol. The van der Waals surface area contributed by atoms with Crippen LogP contribution in [0.4, 0.5) is 0 Å². The molecule has 0 N–H and O–H groups in total. The van der Waals surface area contributed by atoms with Gasteiger partial charge in [-0.1, -0.05) is 6.92 Å². The van der Waals surface area contributed by atoms with E-state index in [1.807, 2.05) is 0 Å². The molecule has 0 atom stereocenters. The molecule has 3 nitrogen and oxygen atoms in total. The minimum atomic E-state index is 0.763. The van der Waals surface area contributed by atoms with Crippen LogP contribution in [0.1, 0.15) is 18.4 Å². The summed E-state index contributed by atoms with van der Waals surface area (Å²) in [4.78, 5) is 4.22. The van der Waals surface area contributed by atoms with Gasteiger partial charge in [-0.15, -0.1) is 0 Å². The van der Waals surface area contributed by atoms with Crippen molar-refractivity contribution in [3.05, 3.63) is 8.84 Å². The quantitative estimate of drug-likeness (QED) is 0.617. The van der Waals surface area contributed by atoms with E-state index in [2.05, 4.69) is 38.9 Å². The van der Waals surface area contributed by atoms with Crippen LogP contribution in [0.5, 0.6) is 0 Å². The van der Waals surface area contributed by atoms with E-state index in [4.69, 9.17) is 4.74 Å². The van der Waals surface area contributed by atoms with Gasteiger partial charge in [0.2, 0.25) is 3.83 Å². The first-order valence-electron chi connectivity index (χ1n) is 3.88. The van der Waals surface area contributed by atoms with E-state index < -0.39 is 0 Å². The molecule has 0 bridgehead atoms. The van der Waals surface area contributed by atoms with E-state index in [0.717, 1.165) is 34.9 Å². The SMILES string of the molecule is CCCOCCc1nc(I)ns1. The van der Waals surface area contributed by atoms with Gasteiger partial charge in [-0.25, -0.2) is 4.98 Å². The first-order valence-corrected chi connectivity index (χ1v) is 5.74. The summed E-state index contributed by atoms with van der Waals surface area (Å²) < 4.78 is 10.2. The van der Waals surface area contributed by atoms with Crippen LogP contribution in [0, 0.1) is 3.83 Å². The smallest absolute Gasteiger partial charge is 0.203 e. The zero-order chi connectivity index (χ0) is 8.81. The normalized spacial score (nSPS) is 10.5. The molecule has 0 radical (unpaired) electrons. The molecule has 0 unspecified atom stereocenters. The van der Waals surface area contributed by atoms with E-state index >= 15 is 0 Å². The molecule has 12 heavy (non-hydrogen) atoms. The second kappa shape index (κ2) is 5.82. The Morgan fingerprint density at radius 2 is 2.33 bits per heavy atom. The summed E-state index contributed by atoms with van der Waals surface area (Å²) in [5, 5.41) is 1.07. The fourth-order valence-corrected chi connectivity index (χ4v) is 2.02. The molecule has 0 amide bonds. The van der Waals surface area contributed by atoms with Crippen molar-refractivity contribution >= 4 is 34.1 Å². The minimum absolute atomic E-state index is 0.763. The van der Waals surface area contributed by atoms with Crippen molar-refractivity contribution in [3.63, 3.8) is 0 Å². The molecule has 0 saturated heterocycles. The van der Waals surface area contributed by atoms with Gasteiger partial charge in [-0.05, 0) is 18.0 Å². The van der Waals surface area contributed by atoms with Gasteiger partial charge in [0.15, 0.2) is 0 Å². The largest absolute Gasteiger partial charge is 0.381 e. The predicted octanol–water partition coefficient (Wildman–Crippen LogP) is 2.11. The van der Waals surface area contributed by atoms with Crippen LogP contribution in [0.2, 0.25) is 0 Å². The maximum absolute atomic E-state index is 5.33. The lowest BCUT2D eigenvalue weighted by Gasteiger charge is -1.97. The molecule has 1 rings (SSSR count). The van der Waals surface area contributed by atoms with E-state index in [0.29, 0.717) is 0 Å². The monoisotopic (exact) mass is 298 g/mol. The molecule has 0 saturated carbocycles. The zero-order valence-corrected chi connectivity index (χ0v) is 9.89. The summed E-state index contributed by atoms with van der Waals surface area (Å²) >= 11 is 3.58. The van der Waals surface area contributed by atoms with Crippen LogP contribution in [0.3, 0.4) is 0 Å². The maximum atomic E-state index is 5.33. The van der Waals surface area contributed by atoms with Gasteiger partial charge in [-0.3, -0.25) is 0 Å². The van der Waals surface area contributed by atoms with Crippen molar-refractivity contribution < 1.29 is 4.74 Å². The fourth-order valence-electron chi connectivity index (χ4n) is 0.742. The number of halogens is 1. The van der Waals surface area contributed by atoms with Crippen LogP contribution < -0.4 is 0 Å². The summed E-state index contributed by atoms with van der Waals surface area (Å²) in [6.07, 6.45) is 1.97. The fraction of sp³-hybridized carbons (Fsp3) is 0.714. The molecule has 68 valence electrons. The van der Waals surface area contributed by atoms with Crippen LogP contribution in [-0.2, 0) is 11.2 Å². The molecule has 1 heterocycles. The number of nitrogens with zero attached hydrogens (tertiary/aromatic N) is 2. The standard InChI is InChI=1S/C7H11IN2OS/c1-2-4-11-5-3-6-9-7(8)10-12-6/h2-5H2,1H3. The molecule has 0 aromatic carbocycles. The number of ether oxygens (including phenoxy) is 1. The molecule has 0 aliphatic rings. The van der Waals surface area contributed by atoms with Crippen molar-refractivity contribution in [1.29, 1.82) is 0 Å². The van der Waals surface area contributed by atoms with Gasteiger partial charge < -0.3 is 4.74 Å². The van der Waals surface area contributed by atoms with Gasteiger partial charge in [0.25, 0.3) is 0 Å². The van der Waals surface area contributed by atoms with Crippen LogP contribution in [-0.4, -0.2) is 22.6 Å². The molecule has 0 spiro atoms. The second-order valence-electron chi connectivity index (χ2n) is 2.32. The average Bonchev–Trinajstić information content (AvgIpc) is 2.45. The Labute approximate surface area is 89.9 Å². The highest BCUT2D eigenvalue weighted by atomic mass is 127. The van der Waals surface area contributed by atoms with Crippen molar-refractivity contribution in [2.24, 2.45) is 0 Å². The number of hydrogen-bond donors (Lipinski definition) is 0.